The van der Waals surface area contributed by atoms with E-state index in [0.29, 0.717) is 0 Å². The van der Waals surface area contributed by atoms with E-state index in [1.165, 1.54) is 13.0 Å². The van der Waals surface area contributed by atoms with Gasteiger partial charge in [0.25, 0.3) is 0 Å². The number of aliphatic carboxylic acids is 1. The van der Waals surface area contributed by atoms with Crippen LogP contribution in [0.2, 0.25) is 0 Å². The van der Waals surface area contributed by atoms with E-state index < -0.39 is 17.7 Å². The van der Waals surface area contributed by atoms with E-state index in [0.717, 1.165) is 6.07 Å². The van der Waals surface area contributed by atoms with Crippen LogP contribution in [0.15, 0.2) is 12.1 Å². The summed E-state index contributed by atoms with van der Waals surface area (Å²) in [5.74, 6) is -3.03. The number of nitrogens with two attached hydrogens (primary N) is 1. The van der Waals surface area contributed by atoms with Crippen molar-refractivity contribution < 1.29 is 19.4 Å². The molecule has 0 spiro atoms. The number of hydrogen-bond acceptors (Lipinski definition) is 3. The molecule has 0 radical (unpaired) electrons. The molecule has 0 fully saturated rings. The van der Waals surface area contributed by atoms with Crippen LogP contribution in [0.1, 0.15) is 17.0 Å². The van der Waals surface area contributed by atoms with Gasteiger partial charge in [0.15, 0.2) is 0 Å². The predicted molar refractivity (Wildman–Crippen MR) is 52.2 cm³/mol. The summed E-state index contributed by atoms with van der Waals surface area (Å²) in [6, 6.07) is 2.31. The molecule has 1 aromatic rings. The molecule has 4 N–H and O–H groups in total. The second-order valence-corrected chi connectivity index (χ2v) is 3.27. The zero-order valence-electron chi connectivity index (χ0n) is 8.20. The first-order valence-electron chi connectivity index (χ1n) is 4.39. The van der Waals surface area contributed by atoms with E-state index in [9.17, 15) is 14.3 Å². The van der Waals surface area contributed by atoms with Gasteiger partial charge >= 0.3 is 5.97 Å². The van der Waals surface area contributed by atoms with Gasteiger partial charge in [0, 0.05) is 12.1 Å². The number of benzene rings is 1. The minimum atomic E-state index is -1.14. The van der Waals surface area contributed by atoms with Crippen LogP contribution in [0.25, 0.3) is 0 Å². The zero-order valence-corrected chi connectivity index (χ0v) is 8.20. The molecule has 1 atom stereocenters. The molecule has 1 aromatic carbocycles. The molecule has 0 amide bonds. The van der Waals surface area contributed by atoms with Gasteiger partial charge in [-0.1, -0.05) is 0 Å². The second kappa shape index (κ2) is 4.27. The summed E-state index contributed by atoms with van der Waals surface area (Å²) in [4.78, 5) is 10.8. The Bertz CT molecular complexity index is 369. The monoisotopic (exact) mass is 213 g/mol. The lowest BCUT2D eigenvalue weighted by molar-refractivity contribution is -0.138. The molecule has 82 valence electrons. The van der Waals surface area contributed by atoms with Crippen molar-refractivity contribution in [1.82, 2.24) is 0 Å². The Labute approximate surface area is 86.1 Å². The molecule has 0 aliphatic heterocycles. The maximum Gasteiger partial charge on any atom is 0.312 e. The van der Waals surface area contributed by atoms with E-state index in [1.807, 2.05) is 0 Å². The molecule has 5 heteroatoms. The average molecular weight is 213 g/mol. The van der Waals surface area contributed by atoms with Crippen molar-refractivity contribution in [1.29, 1.82) is 0 Å². The van der Waals surface area contributed by atoms with Crippen molar-refractivity contribution in [3.05, 3.63) is 29.1 Å². The van der Waals surface area contributed by atoms with Crippen LogP contribution in [-0.2, 0) is 4.79 Å². The highest BCUT2D eigenvalue weighted by Crippen LogP contribution is 2.25. The number of rotatable bonds is 3. The van der Waals surface area contributed by atoms with Crippen molar-refractivity contribution in [2.75, 3.05) is 6.54 Å². The maximum atomic E-state index is 13.2. The van der Waals surface area contributed by atoms with Crippen LogP contribution in [0, 0.1) is 12.7 Å². The molecule has 0 aliphatic carbocycles. The summed E-state index contributed by atoms with van der Waals surface area (Å²) in [6.45, 7) is 1.27. The Morgan fingerprint density at radius 1 is 1.60 bits per heavy atom. The lowest BCUT2D eigenvalue weighted by Crippen LogP contribution is -2.21. The maximum absolute atomic E-state index is 13.2. The summed E-state index contributed by atoms with van der Waals surface area (Å²) in [7, 11) is 0. The highest BCUT2D eigenvalue weighted by molar-refractivity contribution is 5.76. The molecule has 1 rings (SSSR count). The molecule has 0 heterocycles. The fraction of sp³-hybridized carbons (Fsp3) is 0.300. The Hall–Kier alpha value is -1.62. The first-order chi connectivity index (χ1) is 6.97. The Kier molecular flexibility index (Phi) is 3.26. The predicted octanol–water partition coefficient (Wildman–Crippen LogP) is 0.967. The quantitative estimate of drug-likeness (QED) is 0.698. The van der Waals surface area contributed by atoms with Crippen LogP contribution in [0.5, 0.6) is 5.75 Å². The van der Waals surface area contributed by atoms with Crippen LogP contribution in [0.4, 0.5) is 4.39 Å². The summed E-state index contributed by atoms with van der Waals surface area (Å²) >= 11 is 0. The summed E-state index contributed by atoms with van der Waals surface area (Å²) < 4.78 is 13.2. The van der Waals surface area contributed by atoms with Gasteiger partial charge < -0.3 is 15.9 Å². The van der Waals surface area contributed by atoms with Crippen LogP contribution >= 0.6 is 0 Å². The van der Waals surface area contributed by atoms with Gasteiger partial charge in [0.05, 0.1) is 5.92 Å². The number of halogens is 1. The molecular weight excluding hydrogens is 201 g/mol. The zero-order chi connectivity index (χ0) is 11.6. The number of carboxylic acids is 1. The normalized spacial score (nSPS) is 12.5. The number of phenolic OH excluding ortho intramolecular Hbond substituents is 1. The van der Waals surface area contributed by atoms with E-state index in [4.69, 9.17) is 10.8 Å². The molecule has 0 aromatic heterocycles. The molecule has 0 bridgehead atoms. The van der Waals surface area contributed by atoms with Gasteiger partial charge in [-0.05, 0) is 24.6 Å². The Balaban J connectivity index is 3.20. The molecule has 1 unspecified atom stereocenters. The van der Waals surface area contributed by atoms with Crippen LogP contribution in [0.3, 0.4) is 0 Å². The van der Waals surface area contributed by atoms with Gasteiger partial charge in [-0.15, -0.1) is 0 Å². The summed E-state index contributed by atoms with van der Waals surface area (Å²) in [5.41, 5.74) is 5.53. The average Bonchev–Trinajstić information content (AvgIpc) is 2.14. The minimum absolute atomic E-state index is 0.0971. The number of aromatic hydroxyl groups is 1. The lowest BCUT2D eigenvalue weighted by atomic mass is 9.97. The van der Waals surface area contributed by atoms with Gasteiger partial charge in [-0.25, -0.2) is 4.39 Å². The molecular formula is C10H12FNO3. The van der Waals surface area contributed by atoms with E-state index in [1.54, 1.807) is 0 Å². The topological polar surface area (TPSA) is 83.5 Å². The fourth-order valence-electron chi connectivity index (χ4n) is 1.27. The van der Waals surface area contributed by atoms with Crippen molar-refractivity contribution in [3.63, 3.8) is 0 Å². The minimum Gasteiger partial charge on any atom is -0.508 e. The first-order valence-corrected chi connectivity index (χ1v) is 4.39. The Morgan fingerprint density at radius 2 is 2.20 bits per heavy atom. The number of carbonyl (C=O) groups is 1. The standard InChI is InChI=1S/C10H12FNO3/c1-5-8(11)2-6(3-9(5)13)7(4-12)10(14)15/h2-3,7,13H,4,12H2,1H3,(H,14,15). The largest absolute Gasteiger partial charge is 0.508 e. The lowest BCUT2D eigenvalue weighted by Gasteiger charge is -2.11. The van der Waals surface area contributed by atoms with Crippen molar-refractivity contribution in [2.24, 2.45) is 5.73 Å². The summed E-state index contributed by atoms with van der Waals surface area (Å²) in [5, 5.41) is 18.1. The highest BCUT2D eigenvalue weighted by atomic mass is 19.1. The van der Waals surface area contributed by atoms with Gasteiger partial charge in [-0.3, -0.25) is 4.79 Å². The van der Waals surface area contributed by atoms with E-state index in [2.05, 4.69) is 0 Å². The van der Waals surface area contributed by atoms with Crippen molar-refractivity contribution in [2.45, 2.75) is 12.8 Å². The molecule has 0 aliphatic rings. The third kappa shape index (κ3) is 2.24. The summed E-state index contributed by atoms with van der Waals surface area (Å²) in [6.07, 6.45) is 0. The first kappa shape index (κ1) is 11.5. The fourth-order valence-corrected chi connectivity index (χ4v) is 1.27. The smallest absolute Gasteiger partial charge is 0.312 e. The third-order valence-electron chi connectivity index (χ3n) is 2.28. The molecule has 0 saturated carbocycles. The number of phenols is 1. The van der Waals surface area contributed by atoms with Crippen molar-refractivity contribution >= 4 is 5.97 Å². The van der Waals surface area contributed by atoms with E-state index >= 15 is 0 Å². The van der Waals surface area contributed by atoms with Gasteiger partial charge in [-0.2, -0.15) is 0 Å². The molecule has 15 heavy (non-hydrogen) atoms. The number of carboxylic acid groups (broad SMARTS) is 1. The molecule has 4 nitrogen and oxygen atoms in total. The van der Waals surface area contributed by atoms with Crippen LogP contribution < -0.4 is 5.73 Å². The second-order valence-electron chi connectivity index (χ2n) is 3.27. The van der Waals surface area contributed by atoms with E-state index in [-0.39, 0.29) is 23.4 Å². The number of hydrogen-bond donors (Lipinski definition) is 3. The van der Waals surface area contributed by atoms with Crippen LogP contribution in [-0.4, -0.2) is 22.7 Å². The van der Waals surface area contributed by atoms with Gasteiger partial charge in [0.2, 0.25) is 0 Å². The SMILES string of the molecule is Cc1c(O)cc(C(CN)C(=O)O)cc1F. The van der Waals surface area contributed by atoms with Gasteiger partial charge in [0.1, 0.15) is 11.6 Å². The Morgan fingerprint density at radius 3 is 2.60 bits per heavy atom. The van der Waals surface area contributed by atoms with Crippen molar-refractivity contribution in [3.8, 4) is 5.75 Å². The third-order valence-corrected chi connectivity index (χ3v) is 2.28. The highest BCUT2D eigenvalue weighted by Gasteiger charge is 2.20. The molecule has 0 saturated heterocycles.